The highest BCUT2D eigenvalue weighted by molar-refractivity contribution is 5.71. The van der Waals surface area contributed by atoms with E-state index in [1.54, 1.807) is 0 Å². The maximum atomic E-state index is 12.9. The highest BCUT2D eigenvalue weighted by atomic mass is 16.6. The molecule has 0 spiro atoms. The molecule has 6 heteroatoms. The first-order chi connectivity index (χ1) is 38.0. The van der Waals surface area contributed by atoms with E-state index in [2.05, 4.69) is 112 Å². The Morgan fingerprint density at radius 1 is 0.273 bits per heavy atom. The summed E-state index contributed by atoms with van der Waals surface area (Å²) < 4.78 is 16.9. The second kappa shape index (κ2) is 64.9. The molecule has 0 aromatic carbocycles. The molecule has 0 rings (SSSR count). The zero-order valence-corrected chi connectivity index (χ0v) is 50.7. The number of rotatable bonds is 59. The van der Waals surface area contributed by atoms with E-state index in [1.165, 1.54) is 186 Å². The van der Waals surface area contributed by atoms with E-state index >= 15 is 0 Å². The minimum atomic E-state index is -0.818. The fourth-order valence-corrected chi connectivity index (χ4v) is 9.21. The molecule has 0 radical (unpaired) electrons. The molecule has 6 nitrogen and oxygen atoms in total. The summed E-state index contributed by atoms with van der Waals surface area (Å²) in [4.78, 5) is 38.3. The molecule has 0 aliphatic carbocycles. The summed E-state index contributed by atoms with van der Waals surface area (Å²) >= 11 is 0. The van der Waals surface area contributed by atoms with Crippen molar-refractivity contribution in [2.75, 3.05) is 13.2 Å². The first kappa shape index (κ1) is 73.3. The lowest BCUT2D eigenvalue weighted by Crippen LogP contribution is -2.30. The Kier molecular flexibility index (Phi) is 61.8. The summed E-state index contributed by atoms with van der Waals surface area (Å²) in [6.07, 6.45) is 87.2. The van der Waals surface area contributed by atoms with Gasteiger partial charge in [-0.2, -0.15) is 0 Å². The fraction of sp³-hybridized carbons (Fsp3) is 0.732. The van der Waals surface area contributed by atoms with Crippen LogP contribution in [0.1, 0.15) is 316 Å². The van der Waals surface area contributed by atoms with E-state index < -0.39 is 6.10 Å². The SMILES string of the molecule is CC/C=C\C/C=C\C/C=C\C/C=C\C/C=C\C/C=C\CCC(=O)OC(COC(=O)CCCCCCCCCCCCCCC/C=C\C/C=C\CCCCCCC)COC(=O)CCCCCCCCCCCCCCCCC. The van der Waals surface area contributed by atoms with Gasteiger partial charge in [-0.1, -0.05) is 304 Å². The lowest BCUT2D eigenvalue weighted by molar-refractivity contribution is -0.166. The maximum Gasteiger partial charge on any atom is 0.306 e. The predicted octanol–water partition coefficient (Wildman–Crippen LogP) is 22.4. The van der Waals surface area contributed by atoms with Crippen molar-refractivity contribution in [3.05, 3.63) is 97.2 Å². The van der Waals surface area contributed by atoms with Crippen molar-refractivity contribution in [3.63, 3.8) is 0 Å². The summed E-state index contributed by atoms with van der Waals surface area (Å²) in [6, 6.07) is 0. The maximum absolute atomic E-state index is 12.9. The number of allylic oxidation sites excluding steroid dienone is 16. The molecule has 0 aromatic heterocycles. The Hall–Kier alpha value is -3.67. The highest BCUT2D eigenvalue weighted by Gasteiger charge is 2.19. The molecular weight excluding hydrogens is 949 g/mol. The average molecular weight is 1070 g/mol. The van der Waals surface area contributed by atoms with Crippen LogP contribution in [0.15, 0.2) is 97.2 Å². The van der Waals surface area contributed by atoms with Gasteiger partial charge in [0.1, 0.15) is 13.2 Å². The lowest BCUT2D eigenvalue weighted by Gasteiger charge is -2.18. The number of carbonyl (C=O) groups excluding carboxylic acids is 3. The minimum absolute atomic E-state index is 0.105. The van der Waals surface area contributed by atoms with E-state index in [4.69, 9.17) is 14.2 Å². The van der Waals surface area contributed by atoms with E-state index in [1.807, 2.05) is 6.08 Å². The van der Waals surface area contributed by atoms with E-state index in [-0.39, 0.29) is 37.5 Å². The van der Waals surface area contributed by atoms with Gasteiger partial charge in [0.2, 0.25) is 0 Å². The van der Waals surface area contributed by atoms with Gasteiger partial charge >= 0.3 is 17.9 Å². The van der Waals surface area contributed by atoms with Crippen molar-refractivity contribution in [3.8, 4) is 0 Å². The van der Waals surface area contributed by atoms with Crippen molar-refractivity contribution >= 4 is 17.9 Å². The Bertz CT molecular complexity index is 1510. The molecule has 1 unspecified atom stereocenters. The number of hydrogen-bond acceptors (Lipinski definition) is 6. The molecule has 0 fully saturated rings. The number of unbranched alkanes of at least 4 members (excludes halogenated alkanes) is 32. The molecule has 0 bridgehead atoms. The second-order valence-electron chi connectivity index (χ2n) is 21.6. The molecule has 0 amide bonds. The molecule has 0 saturated heterocycles. The Morgan fingerprint density at radius 3 is 0.844 bits per heavy atom. The largest absolute Gasteiger partial charge is 0.462 e. The van der Waals surface area contributed by atoms with Crippen molar-refractivity contribution in [2.24, 2.45) is 0 Å². The summed E-state index contributed by atoms with van der Waals surface area (Å²) in [5.41, 5.74) is 0. The van der Waals surface area contributed by atoms with Crippen LogP contribution in [0.25, 0.3) is 0 Å². The average Bonchev–Trinajstić information content (AvgIpc) is 3.43. The Morgan fingerprint density at radius 2 is 0.532 bits per heavy atom. The van der Waals surface area contributed by atoms with Crippen LogP contribution in [-0.2, 0) is 28.6 Å². The van der Waals surface area contributed by atoms with Gasteiger partial charge in [0.25, 0.3) is 0 Å². The fourth-order valence-electron chi connectivity index (χ4n) is 9.21. The summed E-state index contributed by atoms with van der Waals surface area (Å²) in [7, 11) is 0. The van der Waals surface area contributed by atoms with E-state index in [0.717, 1.165) is 83.5 Å². The van der Waals surface area contributed by atoms with Crippen molar-refractivity contribution in [1.82, 2.24) is 0 Å². The van der Waals surface area contributed by atoms with Gasteiger partial charge in [0.15, 0.2) is 6.10 Å². The van der Waals surface area contributed by atoms with Gasteiger partial charge in [-0.05, 0) is 89.9 Å². The zero-order valence-electron chi connectivity index (χ0n) is 50.7. The first-order valence-corrected chi connectivity index (χ1v) is 32.7. The van der Waals surface area contributed by atoms with Crippen LogP contribution in [-0.4, -0.2) is 37.2 Å². The molecule has 1 atom stereocenters. The summed E-state index contributed by atoms with van der Waals surface area (Å²) in [6.45, 7) is 6.49. The van der Waals surface area contributed by atoms with Crippen LogP contribution >= 0.6 is 0 Å². The van der Waals surface area contributed by atoms with Crippen LogP contribution in [0.4, 0.5) is 0 Å². The second-order valence-corrected chi connectivity index (χ2v) is 21.6. The number of ether oxygens (including phenoxy) is 3. The minimum Gasteiger partial charge on any atom is -0.462 e. The molecule has 442 valence electrons. The molecule has 0 aliphatic heterocycles. The lowest BCUT2D eigenvalue weighted by atomic mass is 10.0. The molecule has 0 N–H and O–H groups in total. The molecule has 0 saturated carbocycles. The quantitative estimate of drug-likeness (QED) is 0.0261. The first-order valence-electron chi connectivity index (χ1n) is 32.7. The zero-order chi connectivity index (χ0) is 55.7. The molecule has 77 heavy (non-hydrogen) atoms. The van der Waals surface area contributed by atoms with E-state index in [9.17, 15) is 14.4 Å². The summed E-state index contributed by atoms with van der Waals surface area (Å²) in [5, 5.41) is 0. The molecule has 0 aromatic rings. The van der Waals surface area contributed by atoms with Gasteiger partial charge < -0.3 is 14.2 Å². The smallest absolute Gasteiger partial charge is 0.306 e. The van der Waals surface area contributed by atoms with Gasteiger partial charge in [0.05, 0.1) is 0 Å². The van der Waals surface area contributed by atoms with Crippen LogP contribution in [0.2, 0.25) is 0 Å². The van der Waals surface area contributed by atoms with Crippen LogP contribution in [0.5, 0.6) is 0 Å². The van der Waals surface area contributed by atoms with Crippen molar-refractivity contribution in [2.45, 2.75) is 322 Å². The molecule has 0 heterocycles. The van der Waals surface area contributed by atoms with Gasteiger partial charge in [-0.3, -0.25) is 14.4 Å². The molecule has 0 aliphatic rings. The van der Waals surface area contributed by atoms with Gasteiger partial charge in [-0.25, -0.2) is 0 Å². The van der Waals surface area contributed by atoms with Crippen molar-refractivity contribution in [1.29, 1.82) is 0 Å². The number of carbonyl (C=O) groups is 3. The Labute approximate surface area is 477 Å². The normalized spacial score (nSPS) is 12.7. The van der Waals surface area contributed by atoms with Crippen molar-refractivity contribution < 1.29 is 28.6 Å². The third kappa shape index (κ3) is 63.0. The molecular formula is C71H122O6. The topological polar surface area (TPSA) is 78.9 Å². The van der Waals surface area contributed by atoms with Crippen LogP contribution in [0, 0.1) is 0 Å². The van der Waals surface area contributed by atoms with E-state index in [0.29, 0.717) is 19.3 Å². The van der Waals surface area contributed by atoms with Crippen LogP contribution < -0.4 is 0 Å². The number of esters is 3. The highest BCUT2D eigenvalue weighted by Crippen LogP contribution is 2.17. The number of hydrogen-bond donors (Lipinski definition) is 0. The van der Waals surface area contributed by atoms with Gasteiger partial charge in [0, 0.05) is 19.3 Å². The standard InChI is InChI=1S/C71H122O6/c1-4-7-10-13-16-19-22-25-28-30-32-33-34-35-36-37-39-40-43-46-49-52-55-58-61-64-70(73)76-67-68(66-75-69(72)63-60-57-54-51-48-45-42-27-24-21-18-15-12-9-6-3)77-71(74)65-62-59-56-53-50-47-44-41-38-31-29-26-23-20-17-14-11-8-5-2/h8,11,17,20,22,25-26,29-30,32,38,41,47,50,56,59,68H,4-7,9-10,12-16,18-19,21,23-24,27-28,31,33-37,39-40,42-46,48-49,51-55,57-58,60-67H2,1-3H3/b11-8-,20-17-,25-22-,29-26-,32-30-,41-38-,50-47-,59-56-. The van der Waals surface area contributed by atoms with Gasteiger partial charge in [-0.15, -0.1) is 0 Å². The Balaban J connectivity index is 4.40. The third-order valence-electron chi connectivity index (χ3n) is 14.1. The summed E-state index contributed by atoms with van der Waals surface area (Å²) in [5.74, 6) is -0.978. The predicted molar refractivity (Wildman–Crippen MR) is 334 cm³/mol. The monoisotopic (exact) mass is 1070 g/mol. The third-order valence-corrected chi connectivity index (χ3v) is 14.1. The van der Waals surface area contributed by atoms with Crippen LogP contribution in [0.3, 0.4) is 0 Å².